The quantitative estimate of drug-likeness (QED) is 0.643. The third-order valence-corrected chi connectivity index (χ3v) is 1.27. The lowest BCUT2D eigenvalue weighted by atomic mass is 10.1. The first-order chi connectivity index (χ1) is 6.11. The third-order valence-electron chi connectivity index (χ3n) is 1.27. The summed E-state index contributed by atoms with van der Waals surface area (Å²) in [6.45, 7) is 1.62. The molecule has 0 aliphatic carbocycles. The van der Waals surface area contributed by atoms with E-state index in [1.54, 1.807) is 18.2 Å². The van der Waals surface area contributed by atoms with Gasteiger partial charge in [-0.25, -0.2) is 4.79 Å². The van der Waals surface area contributed by atoms with Crippen LogP contribution in [-0.2, 0) is 4.79 Å². The van der Waals surface area contributed by atoms with Crippen molar-refractivity contribution in [2.24, 2.45) is 0 Å². The minimum Gasteiger partial charge on any atom is -0.483 e. The van der Waals surface area contributed by atoms with Crippen molar-refractivity contribution < 1.29 is 19.8 Å². The molecular weight excluding hydrogens is 172 g/mol. The molecular formula is C9H10O4. The minimum absolute atomic E-state index is 0.250. The van der Waals surface area contributed by atoms with Crippen LogP contribution in [-0.4, -0.2) is 22.7 Å². The Balaban J connectivity index is 0.000000424. The fourth-order valence-electron chi connectivity index (χ4n) is 0.778. The van der Waals surface area contributed by atoms with Gasteiger partial charge >= 0.3 is 5.97 Å². The summed E-state index contributed by atoms with van der Waals surface area (Å²) in [7, 11) is 0. The van der Waals surface area contributed by atoms with E-state index >= 15 is 0 Å². The predicted octanol–water partition coefficient (Wildman–Crippen LogP) is 1.39. The molecule has 0 fully saturated rings. The van der Waals surface area contributed by atoms with Crippen molar-refractivity contribution in [2.75, 3.05) is 0 Å². The van der Waals surface area contributed by atoms with Gasteiger partial charge in [0.05, 0.1) is 5.56 Å². The molecule has 1 rings (SSSR count). The molecule has 0 aliphatic rings. The number of benzene rings is 1. The maximum Gasteiger partial charge on any atom is 0.335 e. The first kappa shape index (κ1) is 11.2. The summed E-state index contributed by atoms with van der Waals surface area (Å²) in [5.41, 5.74) is 1.32. The Morgan fingerprint density at radius 1 is 1.46 bits per heavy atom. The molecule has 0 bridgehead atoms. The van der Waals surface area contributed by atoms with Gasteiger partial charge in [-0.05, 0) is 19.1 Å². The molecule has 4 heteroatoms. The van der Waals surface area contributed by atoms with Crippen molar-refractivity contribution in [3.8, 4) is 0 Å². The largest absolute Gasteiger partial charge is 0.483 e. The topological polar surface area (TPSA) is 74.6 Å². The molecule has 4 nitrogen and oxygen atoms in total. The monoisotopic (exact) mass is 182 g/mol. The van der Waals surface area contributed by atoms with Crippen LogP contribution in [0.3, 0.4) is 0 Å². The summed E-state index contributed by atoms with van der Waals surface area (Å²) in [5, 5.41) is 15.4. The van der Waals surface area contributed by atoms with E-state index in [1.807, 2.05) is 13.0 Å². The van der Waals surface area contributed by atoms with E-state index in [2.05, 4.69) is 0 Å². The summed E-state index contributed by atoms with van der Waals surface area (Å²) in [6.07, 6.45) is 0. The van der Waals surface area contributed by atoms with E-state index in [0.29, 0.717) is 5.56 Å². The van der Waals surface area contributed by atoms with Gasteiger partial charge in [0.1, 0.15) is 0 Å². The van der Waals surface area contributed by atoms with E-state index in [-0.39, 0.29) is 6.47 Å². The van der Waals surface area contributed by atoms with Crippen LogP contribution in [0.4, 0.5) is 0 Å². The van der Waals surface area contributed by atoms with Crippen LogP contribution in [0.25, 0.3) is 0 Å². The molecule has 1 aromatic carbocycles. The lowest BCUT2D eigenvalue weighted by molar-refractivity contribution is -0.122. The highest BCUT2D eigenvalue weighted by atomic mass is 16.4. The van der Waals surface area contributed by atoms with Gasteiger partial charge in [-0.15, -0.1) is 0 Å². The Morgan fingerprint density at radius 2 is 2.00 bits per heavy atom. The van der Waals surface area contributed by atoms with E-state index in [9.17, 15) is 4.79 Å². The molecule has 13 heavy (non-hydrogen) atoms. The molecule has 0 amide bonds. The van der Waals surface area contributed by atoms with E-state index in [4.69, 9.17) is 15.0 Å². The lowest BCUT2D eigenvalue weighted by Crippen LogP contribution is -1.95. The van der Waals surface area contributed by atoms with E-state index in [0.717, 1.165) is 5.56 Å². The second-order valence-corrected chi connectivity index (χ2v) is 2.28. The molecule has 0 aromatic heterocycles. The second-order valence-electron chi connectivity index (χ2n) is 2.28. The van der Waals surface area contributed by atoms with Crippen LogP contribution < -0.4 is 0 Å². The number of carbonyl (C=O) groups is 2. The third kappa shape index (κ3) is 4.58. The van der Waals surface area contributed by atoms with Gasteiger partial charge in [0.25, 0.3) is 6.47 Å². The number of rotatable bonds is 1. The summed E-state index contributed by atoms with van der Waals surface area (Å²) >= 11 is 0. The molecule has 0 spiro atoms. The van der Waals surface area contributed by atoms with Gasteiger partial charge in [0, 0.05) is 0 Å². The van der Waals surface area contributed by atoms with Crippen molar-refractivity contribution in [3.05, 3.63) is 35.4 Å². The van der Waals surface area contributed by atoms with Crippen LogP contribution in [0.5, 0.6) is 0 Å². The normalized spacial score (nSPS) is 8.08. The number of aromatic carboxylic acids is 1. The molecule has 70 valence electrons. The molecule has 0 saturated heterocycles. The molecule has 0 atom stereocenters. The van der Waals surface area contributed by atoms with Crippen LogP contribution in [0, 0.1) is 6.92 Å². The molecule has 0 saturated carbocycles. The number of carboxylic acid groups (broad SMARTS) is 2. The number of carboxylic acids is 1. The van der Waals surface area contributed by atoms with Crippen molar-refractivity contribution in [3.63, 3.8) is 0 Å². The zero-order valence-corrected chi connectivity index (χ0v) is 7.10. The van der Waals surface area contributed by atoms with Gasteiger partial charge in [0.15, 0.2) is 0 Å². The Hall–Kier alpha value is -1.84. The molecule has 0 radical (unpaired) electrons. The maximum atomic E-state index is 10.4. The number of aryl methyl sites for hydroxylation is 1. The predicted molar refractivity (Wildman–Crippen MR) is 46.8 cm³/mol. The maximum absolute atomic E-state index is 10.4. The van der Waals surface area contributed by atoms with Gasteiger partial charge in [-0.1, -0.05) is 17.7 Å². The molecule has 0 unspecified atom stereocenters. The molecule has 1 aromatic rings. The van der Waals surface area contributed by atoms with Gasteiger partial charge in [-0.3, -0.25) is 4.79 Å². The number of hydrogen-bond acceptors (Lipinski definition) is 2. The van der Waals surface area contributed by atoms with Gasteiger partial charge < -0.3 is 10.2 Å². The van der Waals surface area contributed by atoms with Gasteiger partial charge in [-0.2, -0.15) is 0 Å². The van der Waals surface area contributed by atoms with Crippen molar-refractivity contribution in [2.45, 2.75) is 6.92 Å². The van der Waals surface area contributed by atoms with E-state index < -0.39 is 5.97 Å². The fraction of sp³-hybridized carbons (Fsp3) is 0.111. The SMILES string of the molecule is Cc1cccc(C(=O)O)c1.O=CO. The molecule has 0 heterocycles. The van der Waals surface area contributed by atoms with Crippen molar-refractivity contribution in [1.82, 2.24) is 0 Å². The summed E-state index contributed by atoms with van der Waals surface area (Å²) in [6, 6.07) is 6.82. The standard InChI is InChI=1S/C8H8O2.CH2O2/c1-6-3-2-4-7(5-6)8(9)10;2-1-3/h2-5H,1H3,(H,9,10);1H,(H,2,3). The highest BCUT2D eigenvalue weighted by Crippen LogP contribution is 2.02. The Kier molecular flexibility index (Phi) is 4.95. The van der Waals surface area contributed by atoms with Crippen LogP contribution in [0.2, 0.25) is 0 Å². The zero-order valence-electron chi connectivity index (χ0n) is 7.10. The highest BCUT2D eigenvalue weighted by Gasteiger charge is 1.99. The van der Waals surface area contributed by atoms with Crippen LogP contribution in [0.15, 0.2) is 24.3 Å². The minimum atomic E-state index is -0.872. The highest BCUT2D eigenvalue weighted by molar-refractivity contribution is 5.87. The average molecular weight is 182 g/mol. The Bertz CT molecular complexity index is 293. The van der Waals surface area contributed by atoms with E-state index in [1.165, 1.54) is 0 Å². The number of hydrogen-bond donors (Lipinski definition) is 2. The smallest absolute Gasteiger partial charge is 0.335 e. The van der Waals surface area contributed by atoms with Crippen LogP contribution >= 0.6 is 0 Å². The fourth-order valence-corrected chi connectivity index (χ4v) is 0.778. The second kappa shape index (κ2) is 5.77. The summed E-state index contributed by atoms with van der Waals surface area (Å²) in [4.78, 5) is 18.7. The van der Waals surface area contributed by atoms with Crippen molar-refractivity contribution >= 4 is 12.4 Å². The average Bonchev–Trinajstić information content (AvgIpc) is 2.05. The lowest BCUT2D eigenvalue weighted by Gasteiger charge is -1.93. The zero-order chi connectivity index (χ0) is 10.3. The first-order valence-electron chi connectivity index (χ1n) is 3.49. The molecule has 0 aliphatic heterocycles. The Morgan fingerprint density at radius 3 is 2.31 bits per heavy atom. The van der Waals surface area contributed by atoms with Crippen LogP contribution in [0.1, 0.15) is 15.9 Å². The first-order valence-corrected chi connectivity index (χ1v) is 3.49. The van der Waals surface area contributed by atoms with Gasteiger partial charge in [0.2, 0.25) is 0 Å². The summed E-state index contributed by atoms with van der Waals surface area (Å²) < 4.78 is 0. The Labute approximate surface area is 75.4 Å². The molecule has 2 N–H and O–H groups in total. The summed E-state index contributed by atoms with van der Waals surface area (Å²) in [5.74, 6) is -0.872. The van der Waals surface area contributed by atoms with Crippen molar-refractivity contribution in [1.29, 1.82) is 0 Å².